The van der Waals surface area contributed by atoms with Crippen LogP contribution in [0.5, 0.6) is 0 Å². The first-order valence-electron chi connectivity index (χ1n) is 6.10. The standard InChI is InChI=1S/C13H23N/c1-13(2)9-8-12(14-13)10-11-6-4-3-5-7-11/h4,6,11-12,14H,3,5,7-10H2,1-2H3. The highest BCUT2D eigenvalue weighted by Crippen LogP contribution is 2.29. The molecular formula is C13H23N. The third-order valence-corrected chi connectivity index (χ3v) is 3.65. The van der Waals surface area contributed by atoms with Gasteiger partial charge in [0.2, 0.25) is 0 Å². The molecule has 2 unspecified atom stereocenters. The fourth-order valence-corrected chi connectivity index (χ4v) is 2.85. The van der Waals surface area contributed by atoms with Crippen molar-refractivity contribution < 1.29 is 0 Å². The van der Waals surface area contributed by atoms with Crippen molar-refractivity contribution in [2.75, 3.05) is 0 Å². The van der Waals surface area contributed by atoms with Gasteiger partial charge in [0.05, 0.1) is 0 Å². The Balaban J connectivity index is 1.81. The summed E-state index contributed by atoms with van der Waals surface area (Å²) in [4.78, 5) is 0. The second-order valence-corrected chi connectivity index (χ2v) is 5.62. The molecule has 1 saturated heterocycles. The largest absolute Gasteiger partial charge is 0.309 e. The highest BCUT2D eigenvalue weighted by Gasteiger charge is 2.30. The van der Waals surface area contributed by atoms with Crippen LogP contribution in [-0.4, -0.2) is 11.6 Å². The van der Waals surface area contributed by atoms with E-state index in [9.17, 15) is 0 Å². The Morgan fingerprint density at radius 1 is 1.36 bits per heavy atom. The van der Waals surface area contributed by atoms with E-state index in [-0.39, 0.29) is 0 Å². The smallest absolute Gasteiger partial charge is 0.0128 e. The maximum atomic E-state index is 3.74. The fraction of sp³-hybridized carbons (Fsp3) is 0.846. The molecule has 0 aromatic carbocycles. The summed E-state index contributed by atoms with van der Waals surface area (Å²) in [6.45, 7) is 4.65. The second-order valence-electron chi connectivity index (χ2n) is 5.62. The third kappa shape index (κ3) is 2.60. The van der Waals surface area contributed by atoms with E-state index in [1.54, 1.807) is 0 Å². The van der Waals surface area contributed by atoms with Crippen LogP contribution in [0, 0.1) is 5.92 Å². The molecule has 1 aliphatic heterocycles. The van der Waals surface area contributed by atoms with Gasteiger partial charge in [-0.05, 0) is 58.3 Å². The summed E-state index contributed by atoms with van der Waals surface area (Å²) in [5.74, 6) is 0.857. The van der Waals surface area contributed by atoms with Crippen molar-refractivity contribution in [3.05, 3.63) is 12.2 Å². The molecule has 0 amide bonds. The highest BCUT2D eigenvalue weighted by molar-refractivity contribution is 4.98. The topological polar surface area (TPSA) is 12.0 Å². The van der Waals surface area contributed by atoms with Crippen LogP contribution in [0.4, 0.5) is 0 Å². The molecule has 2 rings (SSSR count). The number of rotatable bonds is 2. The van der Waals surface area contributed by atoms with Crippen molar-refractivity contribution in [3.63, 3.8) is 0 Å². The zero-order chi connectivity index (χ0) is 10.0. The SMILES string of the molecule is CC1(C)CCC(CC2C=CCCC2)N1. The lowest BCUT2D eigenvalue weighted by Crippen LogP contribution is -2.38. The molecule has 0 aromatic heterocycles. The predicted molar refractivity (Wildman–Crippen MR) is 61.3 cm³/mol. The molecular weight excluding hydrogens is 170 g/mol. The lowest BCUT2D eigenvalue weighted by atomic mass is 9.90. The average Bonchev–Trinajstić information content (AvgIpc) is 2.47. The van der Waals surface area contributed by atoms with Gasteiger partial charge in [-0.25, -0.2) is 0 Å². The van der Waals surface area contributed by atoms with Crippen LogP contribution in [0.15, 0.2) is 12.2 Å². The summed E-state index contributed by atoms with van der Waals surface area (Å²) < 4.78 is 0. The quantitative estimate of drug-likeness (QED) is 0.664. The zero-order valence-electron chi connectivity index (χ0n) is 9.55. The van der Waals surface area contributed by atoms with E-state index < -0.39 is 0 Å². The van der Waals surface area contributed by atoms with Crippen molar-refractivity contribution in [1.29, 1.82) is 0 Å². The van der Waals surface area contributed by atoms with E-state index in [1.807, 2.05) is 0 Å². The molecule has 1 nitrogen and oxygen atoms in total. The van der Waals surface area contributed by atoms with Crippen molar-refractivity contribution >= 4 is 0 Å². The molecule has 1 heterocycles. The predicted octanol–water partition coefficient (Wildman–Crippen LogP) is 3.26. The minimum Gasteiger partial charge on any atom is -0.309 e. The average molecular weight is 193 g/mol. The van der Waals surface area contributed by atoms with Gasteiger partial charge in [-0.3, -0.25) is 0 Å². The van der Waals surface area contributed by atoms with Crippen LogP contribution < -0.4 is 5.32 Å². The molecule has 0 saturated carbocycles. The number of hydrogen-bond donors (Lipinski definition) is 1. The van der Waals surface area contributed by atoms with Gasteiger partial charge in [0.25, 0.3) is 0 Å². The first kappa shape index (κ1) is 10.2. The lowest BCUT2D eigenvalue weighted by Gasteiger charge is -2.23. The molecule has 1 heteroatoms. The van der Waals surface area contributed by atoms with Crippen molar-refractivity contribution in [2.24, 2.45) is 5.92 Å². The molecule has 0 aromatic rings. The Morgan fingerprint density at radius 2 is 2.21 bits per heavy atom. The van der Waals surface area contributed by atoms with Gasteiger partial charge in [0.1, 0.15) is 0 Å². The van der Waals surface area contributed by atoms with Gasteiger partial charge in [0.15, 0.2) is 0 Å². The summed E-state index contributed by atoms with van der Waals surface area (Å²) in [5, 5.41) is 3.74. The molecule has 1 aliphatic carbocycles. The molecule has 80 valence electrons. The Kier molecular flexibility index (Phi) is 2.96. The maximum absolute atomic E-state index is 3.74. The van der Waals surface area contributed by atoms with Gasteiger partial charge in [-0.15, -0.1) is 0 Å². The Hall–Kier alpha value is -0.300. The number of nitrogens with one attached hydrogen (secondary N) is 1. The van der Waals surface area contributed by atoms with Crippen LogP contribution in [0.2, 0.25) is 0 Å². The molecule has 0 bridgehead atoms. The van der Waals surface area contributed by atoms with E-state index in [0.29, 0.717) is 5.54 Å². The number of allylic oxidation sites excluding steroid dienone is 2. The van der Waals surface area contributed by atoms with E-state index in [4.69, 9.17) is 0 Å². The van der Waals surface area contributed by atoms with Crippen LogP contribution in [-0.2, 0) is 0 Å². The van der Waals surface area contributed by atoms with Crippen molar-refractivity contribution in [3.8, 4) is 0 Å². The normalized spacial score (nSPS) is 36.1. The summed E-state index contributed by atoms with van der Waals surface area (Å²) in [7, 11) is 0. The van der Waals surface area contributed by atoms with E-state index >= 15 is 0 Å². The Bertz CT molecular complexity index is 217. The molecule has 1 fully saturated rings. The highest BCUT2D eigenvalue weighted by atomic mass is 15.0. The van der Waals surface area contributed by atoms with E-state index in [2.05, 4.69) is 31.3 Å². The molecule has 14 heavy (non-hydrogen) atoms. The van der Waals surface area contributed by atoms with Gasteiger partial charge in [-0.1, -0.05) is 12.2 Å². The molecule has 1 N–H and O–H groups in total. The van der Waals surface area contributed by atoms with Crippen molar-refractivity contribution in [1.82, 2.24) is 5.32 Å². The monoisotopic (exact) mass is 193 g/mol. The summed E-state index contributed by atoms with van der Waals surface area (Å²) in [6.07, 6.45) is 13.0. The molecule has 0 radical (unpaired) electrons. The maximum Gasteiger partial charge on any atom is 0.0128 e. The third-order valence-electron chi connectivity index (χ3n) is 3.65. The second kappa shape index (κ2) is 4.06. The van der Waals surface area contributed by atoms with Crippen LogP contribution in [0.1, 0.15) is 52.4 Å². The van der Waals surface area contributed by atoms with Gasteiger partial charge in [0, 0.05) is 11.6 Å². The summed E-state index contributed by atoms with van der Waals surface area (Å²) in [6, 6.07) is 0.776. The van der Waals surface area contributed by atoms with Gasteiger partial charge < -0.3 is 5.32 Å². The van der Waals surface area contributed by atoms with Gasteiger partial charge >= 0.3 is 0 Å². The van der Waals surface area contributed by atoms with Crippen LogP contribution in [0.25, 0.3) is 0 Å². The van der Waals surface area contributed by atoms with Crippen molar-refractivity contribution in [2.45, 2.75) is 64.0 Å². The molecule has 0 spiro atoms. The zero-order valence-corrected chi connectivity index (χ0v) is 9.55. The van der Waals surface area contributed by atoms with Crippen LogP contribution >= 0.6 is 0 Å². The van der Waals surface area contributed by atoms with Crippen LogP contribution in [0.3, 0.4) is 0 Å². The first-order chi connectivity index (χ1) is 6.66. The van der Waals surface area contributed by atoms with Gasteiger partial charge in [-0.2, -0.15) is 0 Å². The first-order valence-corrected chi connectivity index (χ1v) is 6.10. The molecule has 2 aliphatic rings. The molecule has 2 atom stereocenters. The lowest BCUT2D eigenvalue weighted by molar-refractivity contribution is 0.381. The minimum absolute atomic E-state index is 0.392. The Labute approximate surface area is 88.0 Å². The van der Waals surface area contributed by atoms with E-state index in [0.717, 1.165) is 12.0 Å². The number of hydrogen-bond acceptors (Lipinski definition) is 1. The Morgan fingerprint density at radius 3 is 2.79 bits per heavy atom. The summed E-state index contributed by atoms with van der Waals surface area (Å²) in [5.41, 5.74) is 0.392. The summed E-state index contributed by atoms with van der Waals surface area (Å²) >= 11 is 0. The van der Waals surface area contributed by atoms with E-state index in [1.165, 1.54) is 38.5 Å². The minimum atomic E-state index is 0.392. The fourth-order valence-electron chi connectivity index (χ4n) is 2.85.